The van der Waals surface area contributed by atoms with Crippen molar-refractivity contribution in [1.82, 2.24) is 10.3 Å². The monoisotopic (exact) mass is 434 g/mol. The molecule has 0 saturated carbocycles. The summed E-state index contributed by atoms with van der Waals surface area (Å²) in [5, 5.41) is 2.67. The predicted molar refractivity (Wildman–Crippen MR) is 115 cm³/mol. The minimum Gasteiger partial charge on any atom is -0.395 e. The lowest BCUT2D eigenvalue weighted by molar-refractivity contribution is -0.286. The summed E-state index contributed by atoms with van der Waals surface area (Å²) in [4.78, 5) is 17.0. The molecule has 0 atom stereocenters. The van der Waals surface area contributed by atoms with Crippen LogP contribution in [0.25, 0.3) is 5.57 Å². The molecule has 2 heterocycles. The molecule has 1 aromatic carbocycles. The van der Waals surface area contributed by atoms with Crippen molar-refractivity contribution in [2.75, 3.05) is 0 Å². The SMILES string of the molecule is C=C(/C=C\C(=C/C)c1cc2c(cc1C)OC(F)(F)O2)NC(=O)c1ncsc1C.CC. The Balaban J connectivity index is 0.00000155. The van der Waals surface area contributed by atoms with Gasteiger partial charge in [-0.25, -0.2) is 4.98 Å². The van der Waals surface area contributed by atoms with Crippen LogP contribution in [-0.4, -0.2) is 17.2 Å². The summed E-state index contributed by atoms with van der Waals surface area (Å²) < 4.78 is 35.5. The van der Waals surface area contributed by atoms with Gasteiger partial charge in [-0.15, -0.1) is 20.1 Å². The molecular formula is C22H24F2N2O3S. The average Bonchev–Trinajstić information content (AvgIpc) is 3.24. The highest BCUT2D eigenvalue weighted by molar-refractivity contribution is 7.09. The quantitative estimate of drug-likeness (QED) is 0.586. The van der Waals surface area contributed by atoms with Gasteiger partial charge in [0.25, 0.3) is 5.91 Å². The van der Waals surface area contributed by atoms with Gasteiger partial charge in [-0.3, -0.25) is 4.79 Å². The van der Waals surface area contributed by atoms with Crippen LogP contribution in [0, 0.1) is 13.8 Å². The van der Waals surface area contributed by atoms with E-state index in [1.165, 1.54) is 23.5 Å². The number of hydrogen-bond acceptors (Lipinski definition) is 5. The molecule has 1 aromatic heterocycles. The zero-order valence-corrected chi connectivity index (χ0v) is 18.3. The van der Waals surface area contributed by atoms with Gasteiger partial charge in [0.1, 0.15) is 5.69 Å². The van der Waals surface area contributed by atoms with E-state index in [0.717, 1.165) is 16.0 Å². The van der Waals surface area contributed by atoms with Crippen molar-refractivity contribution < 1.29 is 23.0 Å². The molecule has 30 heavy (non-hydrogen) atoms. The van der Waals surface area contributed by atoms with E-state index in [0.29, 0.717) is 17.0 Å². The number of carbonyl (C=O) groups is 1. The molecule has 0 radical (unpaired) electrons. The van der Waals surface area contributed by atoms with Crippen LogP contribution in [0.5, 0.6) is 11.5 Å². The Labute approximate surface area is 178 Å². The predicted octanol–water partition coefficient (Wildman–Crippen LogP) is 6.01. The first kappa shape index (κ1) is 23.3. The maximum absolute atomic E-state index is 13.3. The molecule has 3 rings (SSSR count). The third kappa shape index (κ3) is 5.33. The summed E-state index contributed by atoms with van der Waals surface area (Å²) in [6, 6.07) is 3.01. The van der Waals surface area contributed by atoms with Gasteiger partial charge in [-0.05, 0) is 55.7 Å². The lowest BCUT2D eigenvalue weighted by Crippen LogP contribution is -2.25. The Morgan fingerprint density at radius 1 is 1.20 bits per heavy atom. The number of allylic oxidation sites excluding steroid dienone is 4. The molecule has 160 valence electrons. The largest absolute Gasteiger partial charge is 0.586 e. The molecule has 0 fully saturated rings. The highest BCUT2D eigenvalue weighted by Crippen LogP contribution is 2.43. The van der Waals surface area contributed by atoms with E-state index in [1.54, 1.807) is 24.6 Å². The molecule has 1 aliphatic rings. The van der Waals surface area contributed by atoms with Crippen molar-refractivity contribution in [2.24, 2.45) is 0 Å². The standard InChI is InChI=1S/C20H18F2N2O3S.C2H6/c1-5-14(7-6-12(3)24-19(25)18-13(4)28-10-23-18)15-9-17-16(8-11(15)2)26-20(21,22)27-17;1-2/h5-10H,3H2,1-2,4H3,(H,24,25);1-2H3/b7-6-,14-5+;. The molecule has 1 aliphatic heterocycles. The number of alkyl halides is 2. The second kappa shape index (κ2) is 9.67. The lowest BCUT2D eigenvalue weighted by Gasteiger charge is -2.09. The van der Waals surface area contributed by atoms with Gasteiger partial charge < -0.3 is 14.8 Å². The van der Waals surface area contributed by atoms with Gasteiger partial charge >= 0.3 is 6.29 Å². The maximum Gasteiger partial charge on any atom is 0.586 e. The number of hydrogen-bond donors (Lipinski definition) is 1. The highest BCUT2D eigenvalue weighted by Gasteiger charge is 2.43. The summed E-state index contributed by atoms with van der Waals surface area (Å²) in [7, 11) is 0. The molecule has 0 unspecified atom stereocenters. The van der Waals surface area contributed by atoms with E-state index < -0.39 is 6.29 Å². The Kier molecular flexibility index (Phi) is 7.50. The Morgan fingerprint density at radius 3 is 2.40 bits per heavy atom. The summed E-state index contributed by atoms with van der Waals surface area (Å²) >= 11 is 1.39. The molecule has 0 spiro atoms. The van der Waals surface area contributed by atoms with Crippen LogP contribution < -0.4 is 14.8 Å². The summed E-state index contributed by atoms with van der Waals surface area (Å²) in [6.07, 6.45) is 1.53. The first-order valence-electron chi connectivity index (χ1n) is 9.36. The van der Waals surface area contributed by atoms with Crippen LogP contribution in [0.4, 0.5) is 8.78 Å². The fraction of sp³-hybridized carbons (Fsp3) is 0.273. The fourth-order valence-corrected chi connectivity index (χ4v) is 3.28. The van der Waals surface area contributed by atoms with Crippen molar-refractivity contribution in [3.8, 4) is 11.5 Å². The Bertz CT molecular complexity index is 1010. The summed E-state index contributed by atoms with van der Waals surface area (Å²) in [5.41, 5.74) is 4.53. The molecule has 0 aliphatic carbocycles. The third-order valence-electron chi connectivity index (χ3n) is 4.07. The van der Waals surface area contributed by atoms with Crippen LogP contribution in [0.2, 0.25) is 0 Å². The Morgan fingerprint density at radius 2 is 1.83 bits per heavy atom. The number of aromatic nitrogens is 1. The number of ether oxygens (including phenoxy) is 2. The van der Waals surface area contributed by atoms with E-state index in [-0.39, 0.29) is 17.4 Å². The molecule has 2 aromatic rings. The maximum atomic E-state index is 13.3. The number of nitrogens with one attached hydrogen (secondary N) is 1. The minimum atomic E-state index is -3.66. The number of amides is 1. The number of halogens is 2. The van der Waals surface area contributed by atoms with Gasteiger partial charge in [0.2, 0.25) is 0 Å². The fourth-order valence-electron chi connectivity index (χ4n) is 2.71. The molecule has 5 nitrogen and oxygen atoms in total. The molecule has 1 amide bonds. The average molecular weight is 435 g/mol. The number of thiazole rings is 1. The molecular weight excluding hydrogens is 410 g/mol. The second-order valence-electron chi connectivity index (χ2n) is 6.10. The van der Waals surface area contributed by atoms with E-state index in [9.17, 15) is 13.6 Å². The van der Waals surface area contributed by atoms with Crippen LogP contribution in [0.15, 0.2) is 48.1 Å². The van der Waals surface area contributed by atoms with Crippen molar-refractivity contribution >= 4 is 22.8 Å². The molecule has 0 bridgehead atoms. The number of rotatable bonds is 5. The molecule has 0 saturated heterocycles. The first-order chi connectivity index (χ1) is 14.2. The smallest absolute Gasteiger partial charge is 0.395 e. The summed E-state index contributed by atoms with van der Waals surface area (Å²) in [5.74, 6) is -0.359. The van der Waals surface area contributed by atoms with Gasteiger partial charge in [-0.1, -0.05) is 32.6 Å². The van der Waals surface area contributed by atoms with Crippen molar-refractivity contribution in [1.29, 1.82) is 0 Å². The minimum absolute atomic E-state index is 0.000915. The molecule has 8 heteroatoms. The Hall–Kier alpha value is -3.00. The number of carbonyl (C=O) groups excluding carboxylic acids is 1. The van der Waals surface area contributed by atoms with Crippen molar-refractivity contribution in [3.05, 3.63) is 69.8 Å². The van der Waals surface area contributed by atoms with Gasteiger partial charge in [0.05, 0.1) is 5.51 Å². The van der Waals surface area contributed by atoms with E-state index in [1.807, 2.05) is 33.8 Å². The molecule has 1 N–H and O–H groups in total. The number of benzene rings is 1. The van der Waals surface area contributed by atoms with E-state index in [2.05, 4.69) is 26.4 Å². The normalized spacial score (nSPS) is 14.3. The second-order valence-corrected chi connectivity index (χ2v) is 7.15. The summed E-state index contributed by atoms with van der Waals surface area (Å²) in [6.45, 7) is 13.2. The lowest BCUT2D eigenvalue weighted by atomic mass is 9.99. The van der Waals surface area contributed by atoms with Gasteiger partial charge in [0, 0.05) is 10.6 Å². The van der Waals surface area contributed by atoms with Crippen molar-refractivity contribution in [3.63, 3.8) is 0 Å². The number of fused-ring (bicyclic) bond motifs is 1. The van der Waals surface area contributed by atoms with E-state index >= 15 is 0 Å². The zero-order valence-electron chi connectivity index (χ0n) is 17.5. The van der Waals surface area contributed by atoms with Crippen molar-refractivity contribution in [2.45, 2.75) is 40.9 Å². The van der Waals surface area contributed by atoms with Crippen LogP contribution in [-0.2, 0) is 0 Å². The van der Waals surface area contributed by atoms with Crippen LogP contribution in [0.1, 0.15) is 47.3 Å². The van der Waals surface area contributed by atoms with Gasteiger partial charge in [0.15, 0.2) is 11.5 Å². The van der Waals surface area contributed by atoms with E-state index in [4.69, 9.17) is 0 Å². The van der Waals surface area contributed by atoms with Crippen LogP contribution in [0.3, 0.4) is 0 Å². The highest BCUT2D eigenvalue weighted by atomic mass is 32.1. The van der Waals surface area contributed by atoms with Gasteiger partial charge in [-0.2, -0.15) is 0 Å². The topological polar surface area (TPSA) is 60.5 Å². The van der Waals surface area contributed by atoms with Crippen LogP contribution >= 0.6 is 11.3 Å². The zero-order chi connectivity index (χ0) is 22.5. The number of aryl methyl sites for hydroxylation is 2. The third-order valence-corrected chi connectivity index (χ3v) is 4.83. The first-order valence-corrected chi connectivity index (χ1v) is 10.2. The number of nitrogens with zero attached hydrogens (tertiary/aromatic N) is 1.